The first kappa shape index (κ1) is 11.7. The van der Waals surface area contributed by atoms with Crippen molar-refractivity contribution >= 4 is 10.8 Å². The van der Waals surface area contributed by atoms with E-state index in [0.717, 1.165) is 43.1 Å². The van der Waals surface area contributed by atoms with Gasteiger partial charge >= 0.3 is 0 Å². The lowest BCUT2D eigenvalue weighted by Crippen LogP contribution is -2.36. The highest BCUT2D eigenvalue weighted by Gasteiger charge is 2.16. The molecule has 0 spiro atoms. The van der Waals surface area contributed by atoms with Crippen LogP contribution in [0.2, 0.25) is 0 Å². The van der Waals surface area contributed by atoms with E-state index in [0.29, 0.717) is 6.04 Å². The fourth-order valence-corrected chi connectivity index (χ4v) is 3.18. The highest BCUT2D eigenvalue weighted by molar-refractivity contribution is 7.85. The average Bonchev–Trinajstić information content (AvgIpc) is 2.67. The van der Waals surface area contributed by atoms with E-state index < -0.39 is 10.8 Å². The molecule has 16 heavy (non-hydrogen) atoms. The second-order valence-corrected chi connectivity index (χ2v) is 5.86. The fourth-order valence-electron chi connectivity index (χ4n) is 1.88. The molecule has 1 saturated heterocycles. The van der Waals surface area contributed by atoms with E-state index in [1.807, 2.05) is 7.05 Å². The molecule has 0 aromatic carbocycles. The first-order valence-electron chi connectivity index (χ1n) is 5.67. The third-order valence-electron chi connectivity index (χ3n) is 2.82. The van der Waals surface area contributed by atoms with Crippen LogP contribution in [0, 0.1) is 0 Å². The van der Waals surface area contributed by atoms with Crippen molar-refractivity contribution in [3.8, 4) is 0 Å². The smallest absolute Gasteiger partial charge is 0.151 e. The largest absolute Gasteiger partial charge is 0.313 e. The third-order valence-corrected chi connectivity index (χ3v) is 4.20. The van der Waals surface area contributed by atoms with E-state index in [2.05, 4.69) is 15.4 Å². The Balaban J connectivity index is 1.66. The van der Waals surface area contributed by atoms with Crippen LogP contribution in [0.4, 0.5) is 0 Å². The molecule has 0 aliphatic carbocycles. The van der Waals surface area contributed by atoms with E-state index in [1.165, 1.54) is 0 Å². The van der Waals surface area contributed by atoms with Crippen LogP contribution in [0.25, 0.3) is 0 Å². The van der Waals surface area contributed by atoms with Crippen LogP contribution in [0.3, 0.4) is 0 Å². The molecule has 1 fully saturated rings. The van der Waals surface area contributed by atoms with Crippen molar-refractivity contribution < 1.29 is 4.21 Å². The van der Waals surface area contributed by atoms with Gasteiger partial charge in [-0.05, 0) is 12.8 Å². The van der Waals surface area contributed by atoms with Crippen molar-refractivity contribution in [2.75, 3.05) is 18.1 Å². The highest BCUT2D eigenvalue weighted by Crippen LogP contribution is 2.08. The lowest BCUT2D eigenvalue weighted by atomic mass is 10.1. The lowest BCUT2D eigenvalue weighted by Gasteiger charge is -2.22. The van der Waals surface area contributed by atoms with Crippen molar-refractivity contribution in [3.05, 3.63) is 12.2 Å². The molecule has 2 rings (SSSR count). The van der Waals surface area contributed by atoms with E-state index in [9.17, 15) is 4.21 Å². The number of rotatable bonds is 4. The molecule has 1 aliphatic rings. The summed E-state index contributed by atoms with van der Waals surface area (Å²) < 4.78 is 12.9. The maximum absolute atomic E-state index is 11.2. The van der Waals surface area contributed by atoms with Crippen LogP contribution >= 0.6 is 0 Å². The molecule has 1 aromatic heterocycles. The monoisotopic (exact) mass is 242 g/mol. The molecule has 1 aliphatic heterocycles. The molecule has 1 N–H and O–H groups in total. The van der Waals surface area contributed by atoms with Crippen molar-refractivity contribution in [2.24, 2.45) is 7.05 Å². The minimum Gasteiger partial charge on any atom is -0.313 e. The number of hydrogen-bond donors (Lipinski definition) is 1. The maximum atomic E-state index is 11.2. The predicted octanol–water partition coefficient (Wildman–Crippen LogP) is -0.142. The first-order valence-corrected chi connectivity index (χ1v) is 7.16. The Labute approximate surface area is 98.1 Å². The molecule has 0 radical (unpaired) electrons. The Morgan fingerprint density at radius 2 is 2.31 bits per heavy atom. The lowest BCUT2D eigenvalue weighted by molar-refractivity contribution is 0.476. The number of aryl methyl sites for hydroxylation is 1. The Morgan fingerprint density at radius 3 is 2.94 bits per heavy atom. The summed E-state index contributed by atoms with van der Waals surface area (Å²) in [5.41, 5.74) is 0. The second-order valence-electron chi connectivity index (χ2n) is 4.16. The highest BCUT2D eigenvalue weighted by atomic mass is 32.2. The van der Waals surface area contributed by atoms with Crippen LogP contribution in [0.5, 0.6) is 0 Å². The van der Waals surface area contributed by atoms with Crippen LogP contribution in [-0.2, 0) is 24.3 Å². The van der Waals surface area contributed by atoms with Crippen molar-refractivity contribution in [1.29, 1.82) is 0 Å². The summed E-state index contributed by atoms with van der Waals surface area (Å²) in [5, 5.41) is 7.70. The quantitative estimate of drug-likeness (QED) is 0.798. The Kier molecular flexibility index (Phi) is 4.06. The van der Waals surface area contributed by atoms with Gasteiger partial charge in [0.05, 0.1) is 0 Å². The Morgan fingerprint density at radius 1 is 1.56 bits per heavy atom. The molecule has 1 aromatic rings. The Hall–Kier alpha value is -0.750. The van der Waals surface area contributed by atoms with Gasteiger partial charge in [-0.15, -0.1) is 0 Å². The molecule has 2 heterocycles. The van der Waals surface area contributed by atoms with E-state index in [4.69, 9.17) is 0 Å². The van der Waals surface area contributed by atoms with Crippen molar-refractivity contribution in [3.63, 3.8) is 0 Å². The zero-order chi connectivity index (χ0) is 11.4. The molecule has 6 heteroatoms. The van der Waals surface area contributed by atoms with Crippen LogP contribution < -0.4 is 5.32 Å². The topological polar surface area (TPSA) is 59.8 Å². The third kappa shape index (κ3) is 3.38. The summed E-state index contributed by atoms with van der Waals surface area (Å²) in [5.74, 6) is 2.58. The first-order chi connectivity index (χ1) is 7.74. The molecule has 90 valence electrons. The number of aromatic nitrogens is 3. The molecular weight excluding hydrogens is 224 g/mol. The zero-order valence-corrected chi connectivity index (χ0v) is 10.4. The minimum absolute atomic E-state index is 0.529. The summed E-state index contributed by atoms with van der Waals surface area (Å²) in [6.07, 6.45) is 4.64. The van der Waals surface area contributed by atoms with Crippen LogP contribution in [0.15, 0.2) is 6.33 Å². The van der Waals surface area contributed by atoms with Gasteiger partial charge < -0.3 is 5.32 Å². The summed E-state index contributed by atoms with van der Waals surface area (Å²) in [7, 11) is 1.31. The van der Waals surface area contributed by atoms with E-state index >= 15 is 0 Å². The molecular formula is C10H18N4OS. The zero-order valence-electron chi connectivity index (χ0n) is 9.56. The van der Waals surface area contributed by atoms with Crippen molar-refractivity contribution in [2.45, 2.75) is 25.3 Å². The Bertz CT molecular complexity index is 355. The summed E-state index contributed by atoms with van der Waals surface area (Å²) in [6, 6.07) is 0.529. The standard InChI is InChI=1S/C10H18N4OS/c1-14-8-12-10(13-14)2-5-11-9-3-6-16(15)7-4-9/h8-9,11H,2-7H2,1H3. The van der Waals surface area contributed by atoms with Gasteiger partial charge in [0.2, 0.25) is 0 Å². The summed E-state index contributed by atoms with van der Waals surface area (Å²) in [4.78, 5) is 4.17. The van der Waals surface area contributed by atoms with Gasteiger partial charge in [-0.2, -0.15) is 5.10 Å². The normalized spacial score (nSPS) is 25.8. The molecule has 5 nitrogen and oxygen atoms in total. The van der Waals surface area contributed by atoms with Crippen LogP contribution in [-0.4, -0.2) is 43.1 Å². The molecule has 0 saturated carbocycles. The van der Waals surface area contributed by atoms with Gasteiger partial charge in [0.1, 0.15) is 6.33 Å². The minimum atomic E-state index is -0.567. The van der Waals surface area contributed by atoms with Crippen LogP contribution in [0.1, 0.15) is 18.7 Å². The van der Waals surface area contributed by atoms with Gasteiger partial charge in [0.25, 0.3) is 0 Å². The maximum Gasteiger partial charge on any atom is 0.151 e. The predicted molar refractivity (Wildman–Crippen MR) is 63.6 cm³/mol. The van der Waals surface area contributed by atoms with E-state index in [1.54, 1.807) is 11.0 Å². The van der Waals surface area contributed by atoms with Crippen molar-refractivity contribution in [1.82, 2.24) is 20.1 Å². The summed E-state index contributed by atoms with van der Waals surface area (Å²) in [6.45, 7) is 0.904. The fraction of sp³-hybridized carbons (Fsp3) is 0.800. The average molecular weight is 242 g/mol. The van der Waals surface area contributed by atoms with Gasteiger partial charge in [0.15, 0.2) is 5.82 Å². The van der Waals surface area contributed by atoms with Gasteiger partial charge in [0, 0.05) is 48.4 Å². The molecule has 0 unspecified atom stereocenters. The second kappa shape index (κ2) is 5.54. The molecule has 0 amide bonds. The number of nitrogens with zero attached hydrogens (tertiary/aromatic N) is 3. The van der Waals surface area contributed by atoms with Gasteiger partial charge in [-0.3, -0.25) is 8.89 Å². The number of nitrogens with one attached hydrogen (secondary N) is 1. The van der Waals surface area contributed by atoms with E-state index in [-0.39, 0.29) is 0 Å². The van der Waals surface area contributed by atoms with Gasteiger partial charge in [-0.25, -0.2) is 4.98 Å². The van der Waals surface area contributed by atoms with Gasteiger partial charge in [-0.1, -0.05) is 0 Å². The molecule has 0 bridgehead atoms. The number of hydrogen-bond acceptors (Lipinski definition) is 4. The molecule has 0 atom stereocenters. The SMILES string of the molecule is Cn1cnc(CCNC2CCS(=O)CC2)n1. The summed E-state index contributed by atoms with van der Waals surface area (Å²) >= 11 is 0.